The third-order valence-corrected chi connectivity index (χ3v) is 3.56. The fraction of sp³-hybridized carbons (Fsp3) is 0.0833. The number of nitrogens with one attached hydrogen (secondary N) is 1. The normalized spacial score (nSPS) is 10.2. The number of carbonyl (C=O) groups excluding carboxylic acids is 1. The first-order chi connectivity index (χ1) is 9.06. The summed E-state index contributed by atoms with van der Waals surface area (Å²) in [5.41, 5.74) is 0.133. The molecule has 0 atom stereocenters. The molecule has 0 aliphatic carbocycles. The Hall–Kier alpha value is -1.92. The van der Waals surface area contributed by atoms with Crippen molar-refractivity contribution in [2.75, 3.05) is 5.32 Å². The van der Waals surface area contributed by atoms with Gasteiger partial charge in [0.2, 0.25) is 5.91 Å². The van der Waals surface area contributed by atoms with Crippen LogP contribution in [0.1, 0.15) is 4.88 Å². The molecule has 0 aliphatic rings. The van der Waals surface area contributed by atoms with Crippen LogP contribution in [0.5, 0.6) is 0 Å². The Bertz CT molecular complexity index is 613. The number of carbonyl (C=O) groups is 1. The van der Waals surface area contributed by atoms with Gasteiger partial charge >= 0.3 is 0 Å². The van der Waals surface area contributed by atoms with E-state index < -0.39 is 4.92 Å². The van der Waals surface area contributed by atoms with E-state index in [1.165, 1.54) is 29.5 Å². The van der Waals surface area contributed by atoms with Gasteiger partial charge in [-0.05, 0) is 17.5 Å². The van der Waals surface area contributed by atoms with Crippen molar-refractivity contribution in [3.63, 3.8) is 0 Å². The molecule has 19 heavy (non-hydrogen) atoms. The van der Waals surface area contributed by atoms with E-state index in [1.54, 1.807) is 0 Å². The van der Waals surface area contributed by atoms with Gasteiger partial charge in [0.1, 0.15) is 0 Å². The first kappa shape index (κ1) is 13.5. The maximum atomic E-state index is 11.8. The van der Waals surface area contributed by atoms with E-state index in [0.717, 1.165) is 4.88 Å². The fourth-order valence-corrected chi connectivity index (χ4v) is 2.36. The summed E-state index contributed by atoms with van der Waals surface area (Å²) in [5, 5.41) is 15.4. The largest absolute Gasteiger partial charge is 0.324 e. The molecule has 0 radical (unpaired) electrons. The number of nitro groups is 1. The third-order valence-electron chi connectivity index (χ3n) is 2.35. The quantitative estimate of drug-likeness (QED) is 0.693. The minimum atomic E-state index is -0.536. The summed E-state index contributed by atoms with van der Waals surface area (Å²) in [6.45, 7) is 0. The minimum absolute atomic E-state index is 0.115. The average Bonchev–Trinajstić information content (AvgIpc) is 2.84. The highest BCUT2D eigenvalue weighted by molar-refractivity contribution is 7.10. The summed E-state index contributed by atoms with van der Waals surface area (Å²) < 4.78 is 0. The minimum Gasteiger partial charge on any atom is -0.324 e. The van der Waals surface area contributed by atoms with Crippen molar-refractivity contribution in [2.45, 2.75) is 6.42 Å². The van der Waals surface area contributed by atoms with E-state index in [0.29, 0.717) is 0 Å². The van der Waals surface area contributed by atoms with Crippen molar-refractivity contribution >= 4 is 40.2 Å². The van der Waals surface area contributed by atoms with Crippen LogP contribution in [0.3, 0.4) is 0 Å². The number of nitrogens with zero attached hydrogens (tertiary/aromatic N) is 1. The molecule has 1 heterocycles. The molecule has 1 aromatic heterocycles. The fourth-order valence-electron chi connectivity index (χ4n) is 1.49. The van der Waals surface area contributed by atoms with Gasteiger partial charge < -0.3 is 5.32 Å². The van der Waals surface area contributed by atoms with Crippen molar-refractivity contribution in [3.8, 4) is 0 Å². The Morgan fingerprint density at radius 2 is 2.21 bits per heavy atom. The molecule has 2 aromatic rings. The molecular formula is C12H9ClN2O3S. The van der Waals surface area contributed by atoms with Crippen LogP contribution in [0.2, 0.25) is 5.02 Å². The van der Waals surface area contributed by atoms with Crippen LogP contribution in [-0.4, -0.2) is 10.8 Å². The molecule has 1 amide bonds. The Balaban J connectivity index is 2.11. The Kier molecular flexibility index (Phi) is 4.13. The van der Waals surface area contributed by atoms with Crippen molar-refractivity contribution < 1.29 is 9.72 Å². The van der Waals surface area contributed by atoms with Gasteiger partial charge in [-0.3, -0.25) is 14.9 Å². The van der Waals surface area contributed by atoms with Crippen LogP contribution in [0, 0.1) is 10.1 Å². The molecule has 0 bridgehead atoms. The van der Waals surface area contributed by atoms with E-state index >= 15 is 0 Å². The monoisotopic (exact) mass is 296 g/mol. The van der Waals surface area contributed by atoms with Crippen molar-refractivity contribution in [1.29, 1.82) is 0 Å². The van der Waals surface area contributed by atoms with Gasteiger partial charge in [-0.2, -0.15) is 0 Å². The number of halogens is 1. The molecule has 0 fully saturated rings. The molecule has 0 spiro atoms. The number of hydrogen-bond donors (Lipinski definition) is 1. The molecule has 1 N–H and O–H groups in total. The number of rotatable bonds is 4. The van der Waals surface area contributed by atoms with Gasteiger partial charge in [0.05, 0.1) is 22.1 Å². The molecule has 98 valence electrons. The standard InChI is InChI=1S/C12H9ClN2O3S/c13-10-4-3-8(15(17)18)6-11(10)14-12(16)7-9-2-1-5-19-9/h1-6H,7H2,(H,14,16). The lowest BCUT2D eigenvalue weighted by Crippen LogP contribution is -2.14. The van der Waals surface area contributed by atoms with Crippen LogP contribution in [0.25, 0.3) is 0 Å². The zero-order valence-electron chi connectivity index (χ0n) is 9.63. The second kappa shape index (κ2) is 5.81. The highest BCUT2D eigenvalue weighted by atomic mass is 35.5. The van der Waals surface area contributed by atoms with E-state index in [-0.39, 0.29) is 28.7 Å². The molecule has 1 aromatic carbocycles. The number of anilines is 1. The number of nitro benzene ring substituents is 1. The summed E-state index contributed by atoms with van der Waals surface area (Å²) in [5.74, 6) is -0.259. The summed E-state index contributed by atoms with van der Waals surface area (Å²) in [7, 11) is 0. The highest BCUT2D eigenvalue weighted by Gasteiger charge is 2.12. The number of thiophene rings is 1. The van der Waals surface area contributed by atoms with Gasteiger partial charge in [0.15, 0.2) is 0 Å². The first-order valence-electron chi connectivity index (χ1n) is 5.32. The van der Waals surface area contributed by atoms with Gasteiger partial charge in [0, 0.05) is 17.0 Å². The molecule has 0 unspecified atom stereocenters. The molecule has 7 heteroatoms. The highest BCUT2D eigenvalue weighted by Crippen LogP contribution is 2.26. The van der Waals surface area contributed by atoms with Crippen molar-refractivity contribution in [1.82, 2.24) is 0 Å². The molecule has 0 saturated heterocycles. The Morgan fingerprint density at radius 1 is 1.42 bits per heavy atom. The topological polar surface area (TPSA) is 72.2 Å². The molecule has 0 saturated carbocycles. The number of benzene rings is 1. The van der Waals surface area contributed by atoms with Gasteiger partial charge in [-0.15, -0.1) is 11.3 Å². The van der Waals surface area contributed by atoms with Crippen molar-refractivity contribution in [2.24, 2.45) is 0 Å². The molecule has 0 aliphatic heterocycles. The van der Waals surface area contributed by atoms with Crippen LogP contribution >= 0.6 is 22.9 Å². The van der Waals surface area contributed by atoms with E-state index in [4.69, 9.17) is 11.6 Å². The van der Waals surface area contributed by atoms with E-state index in [1.807, 2.05) is 17.5 Å². The maximum absolute atomic E-state index is 11.8. The van der Waals surface area contributed by atoms with Crippen LogP contribution in [0.15, 0.2) is 35.7 Å². The second-order valence-corrected chi connectivity index (χ2v) is 5.17. The lowest BCUT2D eigenvalue weighted by molar-refractivity contribution is -0.384. The predicted octanol–water partition coefficient (Wildman–Crippen LogP) is 3.49. The Labute approximate surface area is 118 Å². The maximum Gasteiger partial charge on any atom is 0.271 e. The number of non-ortho nitro benzene ring substituents is 1. The summed E-state index contributed by atoms with van der Waals surface area (Å²) in [4.78, 5) is 22.8. The first-order valence-corrected chi connectivity index (χ1v) is 6.58. The van der Waals surface area contributed by atoms with Crippen molar-refractivity contribution in [3.05, 3.63) is 55.7 Å². The van der Waals surface area contributed by atoms with E-state index in [2.05, 4.69) is 5.32 Å². The SMILES string of the molecule is O=C(Cc1cccs1)Nc1cc([N+](=O)[O-])ccc1Cl. The Morgan fingerprint density at radius 3 is 2.84 bits per heavy atom. The summed E-state index contributed by atoms with van der Waals surface area (Å²) >= 11 is 7.36. The predicted molar refractivity (Wildman–Crippen MR) is 74.8 cm³/mol. The van der Waals surface area contributed by atoms with Gasteiger partial charge in [0.25, 0.3) is 5.69 Å². The average molecular weight is 297 g/mol. The molecular weight excluding hydrogens is 288 g/mol. The van der Waals surface area contributed by atoms with Gasteiger partial charge in [-0.25, -0.2) is 0 Å². The zero-order valence-corrected chi connectivity index (χ0v) is 11.2. The summed E-state index contributed by atoms with van der Waals surface area (Å²) in [6, 6.07) is 7.62. The van der Waals surface area contributed by atoms with Gasteiger partial charge in [-0.1, -0.05) is 17.7 Å². The molecule has 2 rings (SSSR count). The number of amides is 1. The third kappa shape index (κ3) is 3.52. The lowest BCUT2D eigenvalue weighted by Gasteiger charge is -2.06. The summed E-state index contributed by atoms with van der Waals surface area (Å²) in [6.07, 6.45) is 0.219. The van der Waals surface area contributed by atoms with Crippen LogP contribution in [-0.2, 0) is 11.2 Å². The van der Waals surface area contributed by atoms with Crippen LogP contribution < -0.4 is 5.32 Å². The lowest BCUT2D eigenvalue weighted by atomic mass is 10.2. The smallest absolute Gasteiger partial charge is 0.271 e. The van der Waals surface area contributed by atoms with E-state index in [9.17, 15) is 14.9 Å². The zero-order chi connectivity index (χ0) is 13.8. The number of hydrogen-bond acceptors (Lipinski definition) is 4. The van der Waals surface area contributed by atoms with Crippen LogP contribution in [0.4, 0.5) is 11.4 Å². The molecule has 5 nitrogen and oxygen atoms in total. The second-order valence-electron chi connectivity index (χ2n) is 3.73.